The fourth-order valence-corrected chi connectivity index (χ4v) is 2.17. The van der Waals surface area contributed by atoms with E-state index >= 15 is 0 Å². The standard InChI is InChI=1S/C12H16N2O2/c1-16-12(15)11-8-14-7-4-10(11)9-2-5-13-6-3-9/h4,7-9,13H,2-3,5-6H2,1H3. The number of rotatable bonds is 2. The molecule has 1 fully saturated rings. The molecule has 0 atom stereocenters. The summed E-state index contributed by atoms with van der Waals surface area (Å²) in [4.78, 5) is 15.6. The van der Waals surface area contributed by atoms with E-state index in [1.807, 2.05) is 6.07 Å². The summed E-state index contributed by atoms with van der Waals surface area (Å²) < 4.78 is 4.77. The number of carbonyl (C=O) groups is 1. The highest BCUT2D eigenvalue weighted by atomic mass is 16.5. The van der Waals surface area contributed by atoms with E-state index in [1.54, 1.807) is 12.4 Å². The van der Waals surface area contributed by atoms with Crippen LogP contribution in [0.5, 0.6) is 0 Å². The van der Waals surface area contributed by atoms with E-state index < -0.39 is 0 Å². The fourth-order valence-electron chi connectivity index (χ4n) is 2.17. The lowest BCUT2D eigenvalue weighted by Crippen LogP contribution is -2.27. The summed E-state index contributed by atoms with van der Waals surface area (Å²) in [5.74, 6) is 0.153. The van der Waals surface area contributed by atoms with E-state index in [4.69, 9.17) is 4.74 Å². The molecule has 4 heteroatoms. The fraction of sp³-hybridized carbons (Fsp3) is 0.500. The Kier molecular flexibility index (Phi) is 3.51. The summed E-state index contributed by atoms with van der Waals surface area (Å²) in [6.45, 7) is 2.02. The van der Waals surface area contributed by atoms with Gasteiger partial charge in [-0.3, -0.25) is 4.98 Å². The highest BCUT2D eigenvalue weighted by Crippen LogP contribution is 2.27. The molecule has 0 radical (unpaired) electrons. The molecule has 0 saturated carbocycles. The molecule has 1 saturated heterocycles. The predicted molar refractivity (Wildman–Crippen MR) is 60.4 cm³/mol. The van der Waals surface area contributed by atoms with E-state index in [2.05, 4.69) is 10.3 Å². The van der Waals surface area contributed by atoms with Crippen molar-refractivity contribution in [1.82, 2.24) is 10.3 Å². The van der Waals surface area contributed by atoms with Gasteiger partial charge in [0.2, 0.25) is 0 Å². The van der Waals surface area contributed by atoms with Crippen LogP contribution in [0.15, 0.2) is 18.5 Å². The molecular formula is C12H16N2O2. The first-order valence-corrected chi connectivity index (χ1v) is 5.56. The van der Waals surface area contributed by atoms with Crippen LogP contribution in [0.3, 0.4) is 0 Å². The third kappa shape index (κ3) is 2.22. The molecule has 0 unspecified atom stereocenters. The summed E-state index contributed by atoms with van der Waals surface area (Å²) in [7, 11) is 1.40. The zero-order valence-corrected chi connectivity index (χ0v) is 9.40. The van der Waals surface area contributed by atoms with E-state index in [9.17, 15) is 4.79 Å². The molecule has 2 heterocycles. The smallest absolute Gasteiger partial charge is 0.339 e. The van der Waals surface area contributed by atoms with Crippen LogP contribution in [0.25, 0.3) is 0 Å². The van der Waals surface area contributed by atoms with E-state index in [0.29, 0.717) is 11.5 Å². The number of nitrogens with zero attached hydrogens (tertiary/aromatic N) is 1. The van der Waals surface area contributed by atoms with Crippen molar-refractivity contribution in [3.8, 4) is 0 Å². The predicted octanol–water partition coefficient (Wildman–Crippen LogP) is 1.34. The summed E-state index contributed by atoms with van der Waals surface area (Å²) in [6, 6.07) is 1.93. The van der Waals surface area contributed by atoms with Crippen molar-refractivity contribution in [1.29, 1.82) is 0 Å². The Morgan fingerprint density at radius 1 is 1.50 bits per heavy atom. The molecule has 1 aliphatic heterocycles. The molecular weight excluding hydrogens is 204 g/mol. The number of pyridine rings is 1. The Balaban J connectivity index is 2.28. The van der Waals surface area contributed by atoms with Crippen molar-refractivity contribution in [2.45, 2.75) is 18.8 Å². The van der Waals surface area contributed by atoms with Gasteiger partial charge >= 0.3 is 5.97 Å². The molecule has 86 valence electrons. The number of nitrogens with one attached hydrogen (secondary N) is 1. The second-order valence-electron chi connectivity index (χ2n) is 3.98. The van der Waals surface area contributed by atoms with Gasteiger partial charge in [0.15, 0.2) is 0 Å². The molecule has 2 rings (SSSR count). The maximum atomic E-state index is 11.6. The Morgan fingerprint density at radius 2 is 2.25 bits per heavy atom. The third-order valence-electron chi connectivity index (χ3n) is 3.04. The highest BCUT2D eigenvalue weighted by molar-refractivity contribution is 5.90. The van der Waals surface area contributed by atoms with Gasteiger partial charge in [0.05, 0.1) is 12.7 Å². The van der Waals surface area contributed by atoms with Gasteiger partial charge < -0.3 is 10.1 Å². The minimum Gasteiger partial charge on any atom is -0.465 e. The third-order valence-corrected chi connectivity index (χ3v) is 3.04. The molecule has 1 aromatic heterocycles. The van der Waals surface area contributed by atoms with Crippen molar-refractivity contribution >= 4 is 5.97 Å². The van der Waals surface area contributed by atoms with Crippen LogP contribution < -0.4 is 5.32 Å². The van der Waals surface area contributed by atoms with E-state index in [-0.39, 0.29) is 5.97 Å². The maximum absolute atomic E-state index is 11.6. The molecule has 0 amide bonds. The normalized spacial score (nSPS) is 17.1. The first-order valence-electron chi connectivity index (χ1n) is 5.56. The van der Waals surface area contributed by atoms with Crippen LogP contribution in [0.2, 0.25) is 0 Å². The minimum atomic E-state index is -0.290. The van der Waals surface area contributed by atoms with Gasteiger partial charge in [0.1, 0.15) is 0 Å². The SMILES string of the molecule is COC(=O)c1cnccc1C1CCNCC1. The maximum Gasteiger partial charge on any atom is 0.339 e. The van der Waals surface area contributed by atoms with E-state index in [0.717, 1.165) is 31.5 Å². The topological polar surface area (TPSA) is 51.2 Å². The lowest BCUT2D eigenvalue weighted by molar-refractivity contribution is 0.0598. The first kappa shape index (κ1) is 11.1. The van der Waals surface area contributed by atoms with Crippen LogP contribution in [-0.4, -0.2) is 31.2 Å². The van der Waals surface area contributed by atoms with Gasteiger partial charge in [-0.05, 0) is 43.5 Å². The van der Waals surface area contributed by atoms with Crippen molar-refractivity contribution in [2.75, 3.05) is 20.2 Å². The number of piperidine rings is 1. The number of esters is 1. The van der Waals surface area contributed by atoms with Crippen LogP contribution in [-0.2, 0) is 4.74 Å². The average Bonchev–Trinajstić information content (AvgIpc) is 2.39. The number of carbonyl (C=O) groups excluding carboxylic acids is 1. The number of aromatic nitrogens is 1. The molecule has 0 bridgehead atoms. The summed E-state index contributed by atoms with van der Waals surface area (Å²) >= 11 is 0. The molecule has 1 aromatic rings. The van der Waals surface area contributed by atoms with E-state index in [1.165, 1.54) is 7.11 Å². The molecule has 16 heavy (non-hydrogen) atoms. The second kappa shape index (κ2) is 5.07. The van der Waals surface area contributed by atoms with Crippen molar-refractivity contribution in [3.05, 3.63) is 29.6 Å². The zero-order chi connectivity index (χ0) is 11.4. The summed E-state index contributed by atoms with van der Waals surface area (Å²) in [6.07, 6.45) is 5.47. The van der Waals surface area contributed by atoms with Crippen molar-refractivity contribution in [2.24, 2.45) is 0 Å². The Hall–Kier alpha value is -1.42. The molecule has 1 N–H and O–H groups in total. The van der Waals surface area contributed by atoms with Gasteiger partial charge in [0.25, 0.3) is 0 Å². The molecule has 0 aromatic carbocycles. The van der Waals surface area contributed by atoms with Crippen LogP contribution in [0.4, 0.5) is 0 Å². The number of hydrogen-bond donors (Lipinski definition) is 1. The number of hydrogen-bond acceptors (Lipinski definition) is 4. The van der Waals surface area contributed by atoms with Crippen molar-refractivity contribution in [3.63, 3.8) is 0 Å². The highest BCUT2D eigenvalue weighted by Gasteiger charge is 2.21. The molecule has 4 nitrogen and oxygen atoms in total. The summed E-state index contributed by atoms with van der Waals surface area (Å²) in [5.41, 5.74) is 1.68. The Labute approximate surface area is 95.0 Å². The van der Waals surface area contributed by atoms with Crippen molar-refractivity contribution < 1.29 is 9.53 Å². The van der Waals surface area contributed by atoms with Crippen LogP contribution >= 0.6 is 0 Å². The largest absolute Gasteiger partial charge is 0.465 e. The van der Waals surface area contributed by atoms with Gasteiger partial charge in [0, 0.05) is 12.4 Å². The molecule has 1 aliphatic rings. The van der Waals surface area contributed by atoms with Gasteiger partial charge in [-0.2, -0.15) is 0 Å². The summed E-state index contributed by atoms with van der Waals surface area (Å²) in [5, 5.41) is 3.32. The molecule has 0 aliphatic carbocycles. The number of ether oxygens (including phenoxy) is 1. The lowest BCUT2D eigenvalue weighted by atomic mass is 9.88. The van der Waals surface area contributed by atoms with Gasteiger partial charge in [-0.15, -0.1) is 0 Å². The first-order chi connectivity index (χ1) is 7.83. The quantitative estimate of drug-likeness (QED) is 0.764. The van der Waals surface area contributed by atoms with Crippen LogP contribution in [0.1, 0.15) is 34.7 Å². The molecule has 0 spiro atoms. The Bertz CT molecular complexity index is 373. The zero-order valence-electron chi connectivity index (χ0n) is 9.40. The van der Waals surface area contributed by atoms with Gasteiger partial charge in [-0.1, -0.05) is 0 Å². The lowest BCUT2D eigenvalue weighted by Gasteiger charge is -2.24. The average molecular weight is 220 g/mol. The van der Waals surface area contributed by atoms with Crippen LogP contribution in [0, 0.1) is 0 Å². The minimum absolute atomic E-state index is 0.290. The Morgan fingerprint density at radius 3 is 2.94 bits per heavy atom. The van der Waals surface area contributed by atoms with Gasteiger partial charge in [-0.25, -0.2) is 4.79 Å². The number of methoxy groups -OCH3 is 1. The monoisotopic (exact) mass is 220 g/mol. The second-order valence-corrected chi connectivity index (χ2v) is 3.98.